The van der Waals surface area contributed by atoms with Crippen LogP contribution in [0.3, 0.4) is 0 Å². The van der Waals surface area contributed by atoms with Gasteiger partial charge in [-0.3, -0.25) is 0 Å². The number of carboxylic acids is 1. The highest BCUT2D eigenvalue weighted by Gasteiger charge is 2.22. The summed E-state index contributed by atoms with van der Waals surface area (Å²) in [6.07, 6.45) is 4.29. The average molecular weight is 318 g/mol. The Morgan fingerprint density at radius 2 is 2.00 bits per heavy atom. The van der Waals surface area contributed by atoms with Crippen LogP contribution in [-0.2, 0) is 10.0 Å². The molecule has 0 unspecified atom stereocenters. The summed E-state index contributed by atoms with van der Waals surface area (Å²) in [6, 6.07) is 3.65. The lowest BCUT2D eigenvalue weighted by Crippen LogP contribution is -2.29. The van der Waals surface area contributed by atoms with E-state index >= 15 is 0 Å². The number of hydrogen-bond acceptors (Lipinski definition) is 3. The van der Waals surface area contributed by atoms with Crippen molar-refractivity contribution in [3.05, 3.63) is 28.8 Å². The molecule has 0 aliphatic heterocycles. The van der Waals surface area contributed by atoms with Crippen molar-refractivity contribution >= 4 is 27.6 Å². The summed E-state index contributed by atoms with van der Waals surface area (Å²) in [7, 11) is -3.78. The number of halogens is 1. The van der Waals surface area contributed by atoms with Gasteiger partial charge in [-0.1, -0.05) is 24.4 Å². The van der Waals surface area contributed by atoms with E-state index in [1.165, 1.54) is 12.1 Å². The zero-order chi connectivity index (χ0) is 14.8. The number of benzene rings is 1. The van der Waals surface area contributed by atoms with Gasteiger partial charge in [-0.15, -0.1) is 0 Å². The maximum Gasteiger partial charge on any atom is 0.335 e. The third-order valence-corrected chi connectivity index (χ3v) is 5.41. The highest BCUT2D eigenvalue weighted by Crippen LogP contribution is 2.26. The van der Waals surface area contributed by atoms with E-state index in [4.69, 9.17) is 16.7 Å². The Balaban J connectivity index is 2.19. The molecule has 110 valence electrons. The Labute approximate surface area is 123 Å². The summed E-state index contributed by atoms with van der Waals surface area (Å²) in [5.41, 5.74) is -0.101. The SMILES string of the molecule is O=C(O)c1ccc(Cl)c(S(=O)(=O)NCC2CCCC2)c1. The van der Waals surface area contributed by atoms with Crippen LogP contribution in [-0.4, -0.2) is 26.0 Å². The fourth-order valence-electron chi connectivity index (χ4n) is 2.36. The molecule has 0 saturated heterocycles. The van der Waals surface area contributed by atoms with Gasteiger partial charge in [0.05, 0.1) is 10.6 Å². The molecule has 1 aromatic rings. The van der Waals surface area contributed by atoms with Crippen molar-refractivity contribution in [2.75, 3.05) is 6.54 Å². The van der Waals surface area contributed by atoms with Gasteiger partial charge in [-0.05, 0) is 37.0 Å². The van der Waals surface area contributed by atoms with E-state index in [2.05, 4.69) is 4.72 Å². The van der Waals surface area contributed by atoms with Crippen LogP contribution in [0.1, 0.15) is 36.0 Å². The summed E-state index contributed by atoms with van der Waals surface area (Å²) in [5.74, 6) is -0.833. The number of carbonyl (C=O) groups is 1. The summed E-state index contributed by atoms with van der Waals surface area (Å²) in [6.45, 7) is 0.371. The normalized spacial score (nSPS) is 16.4. The standard InChI is InChI=1S/C13H16ClNO4S/c14-11-6-5-10(13(16)17)7-12(11)20(18,19)15-8-9-3-1-2-4-9/h5-7,9,15H,1-4,8H2,(H,16,17). The Hall–Kier alpha value is -1.11. The first-order valence-electron chi connectivity index (χ1n) is 6.42. The number of aromatic carboxylic acids is 1. The number of nitrogens with one attached hydrogen (secondary N) is 1. The first kappa shape index (κ1) is 15.3. The second kappa shape index (κ2) is 6.11. The number of hydrogen-bond donors (Lipinski definition) is 2. The molecule has 1 aliphatic carbocycles. The van der Waals surface area contributed by atoms with Gasteiger partial charge in [0.2, 0.25) is 10.0 Å². The van der Waals surface area contributed by atoms with E-state index in [1.807, 2.05) is 0 Å². The molecule has 0 radical (unpaired) electrons. The smallest absolute Gasteiger partial charge is 0.335 e. The molecular weight excluding hydrogens is 302 g/mol. The van der Waals surface area contributed by atoms with E-state index < -0.39 is 16.0 Å². The molecule has 2 rings (SSSR count). The van der Waals surface area contributed by atoms with Crippen molar-refractivity contribution in [3.63, 3.8) is 0 Å². The van der Waals surface area contributed by atoms with E-state index in [-0.39, 0.29) is 15.5 Å². The molecule has 0 amide bonds. The van der Waals surface area contributed by atoms with Crippen LogP contribution in [0.5, 0.6) is 0 Å². The van der Waals surface area contributed by atoms with E-state index in [1.54, 1.807) is 0 Å². The van der Waals surface area contributed by atoms with Gasteiger partial charge in [-0.2, -0.15) is 0 Å². The van der Waals surface area contributed by atoms with Gasteiger partial charge in [0.25, 0.3) is 0 Å². The van der Waals surface area contributed by atoms with Crippen LogP contribution in [0, 0.1) is 5.92 Å². The lowest BCUT2D eigenvalue weighted by atomic mass is 10.1. The van der Waals surface area contributed by atoms with Crippen molar-refractivity contribution in [1.82, 2.24) is 4.72 Å². The van der Waals surface area contributed by atoms with E-state index in [9.17, 15) is 13.2 Å². The minimum Gasteiger partial charge on any atom is -0.478 e. The maximum atomic E-state index is 12.2. The zero-order valence-electron chi connectivity index (χ0n) is 10.8. The highest BCUT2D eigenvalue weighted by molar-refractivity contribution is 7.89. The van der Waals surface area contributed by atoms with Gasteiger partial charge in [0, 0.05) is 6.54 Å². The second-order valence-electron chi connectivity index (χ2n) is 4.95. The van der Waals surface area contributed by atoms with Crippen molar-refractivity contribution in [1.29, 1.82) is 0 Å². The number of carboxylic acid groups (broad SMARTS) is 1. The molecule has 0 heterocycles. The maximum absolute atomic E-state index is 12.2. The van der Waals surface area contributed by atoms with E-state index in [0.717, 1.165) is 31.7 Å². The fraction of sp³-hybridized carbons (Fsp3) is 0.462. The van der Waals surface area contributed by atoms with Crippen molar-refractivity contribution in [2.24, 2.45) is 5.92 Å². The van der Waals surface area contributed by atoms with Crippen LogP contribution >= 0.6 is 11.6 Å². The summed E-state index contributed by atoms with van der Waals surface area (Å²) in [5, 5.41) is 8.93. The minimum absolute atomic E-state index is 0.0221. The summed E-state index contributed by atoms with van der Waals surface area (Å²) in [4.78, 5) is 10.7. The van der Waals surface area contributed by atoms with Crippen molar-refractivity contribution in [2.45, 2.75) is 30.6 Å². The average Bonchev–Trinajstić information content (AvgIpc) is 2.89. The van der Waals surface area contributed by atoms with Crippen LogP contribution in [0.2, 0.25) is 5.02 Å². The molecular formula is C13H16ClNO4S. The first-order valence-corrected chi connectivity index (χ1v) is 8.29. The first-order chi connectivity index (χ1) is 9.40. The van der Waals surface area contributed by atoms with Gasteiger partial charge >= 0.3 is 5.97 Å². The third kappa shape index (κ3) is 3.50. The Bertz CT molecular complexity index is 609. The molecule has 2 N–H and O–H groups in total. The molecule has 1 aromatic carbocycles. The predicted octanol–water partition coefficient (Wildman–Crippen LogP) is 2.51. The van der Waals surface area contributed by atoms with Crippen LogP contribution in [0.15, 0.2) is 23.1 Å². The monoisotopic (exact) mass is 317 g/mol. The zero-order valence-corrected chi connectivity index (χ0v) is 12.4. The third-order valence-electron chi connectivity index (χ3n) is 3.50. The Morgan fingerprint density at radius 3 is 2.60 bits per heavy atom. The largest absolute Gasteiger partial charge is 0.478 e. The van der Waals surface area contributed by atoms with Gasteiger partial charge in [0.15, 0.2) is 0 Å². The van der Waals surface area contributed by atoms with Crippen LogP contribution in [0.25, 0.3) is 0 Å². The molecule has 5 nitrogen and oxygen atoms in total. The Kier molecular flexibility index (Phi) is 4.67. The number of sulfonamides is 1. The highest BCUT2D eigenvalue weighted by atomic mass is 35.5. The molecule has 1 aliphatic rings. The second-order valence-corrected chi connectivity index (χ2v) is 7.10. The fourth-order valence-corrected chi connectivity index (χ4v) is 4.00. The van der Waals surface area contributed by atoms with E-state index in [0.29, 0.717) is 12.5 Å². The van der Waals surface area contributed by atoms with Crippen LogP contribution in [0.4, 0.5) is 0 Å². The van der Waals surface area contributed by atoms with Crippen LogP contribution < -0.4 is 4.72 Å². The van der Waals surface area contributed by atoms with Gasteiger partial charge in [0.1, 0.15) is 4.90 Å². The van der Waals surface area contributed by atoms with Crippen molar-refractivity contribution < 1.29 is 18.3 Å². The lowest BCUT2D eigenvalue weighted by molar-refractivity contribution is 0.0696. The molecule has 1 saturated carbocycles. The lowest BCUT2D eigenvalue weighted by Gasteiger charge is -2.12. The minimum atomic E-state index is -3.78. The number of rotatable bonds is 5. The molecule has 0 bridgehead atoms. The van der Waals surface area contributed by atoms with Gasteiger partial charge < -0.3 is 5.11 Å². The topological polar surface area (TPSA) is 83.5 Å². The van der Waals surface area contributed by atoms with Crippen molar-refractivity contribution in [3.8, 4) is 0 Å². The molecule has 7 heteroatoms. The predicted molar refractivity (Wildman–Crippen MR) is 75.6 cm³/mol. The molecule has 0 aromatic heterocycles. The summed E-state index contributed by atoms with van der Waals surface area (Å²) >= 11 is 5.87. The molecule has 1 fully saturated rings. The summed E-state index contributed by atoms with van der Waals surface area (Å²) < 4.78 is 26.9. The molecule has 0 spiro atoms. The molecule has 0 atom stereocenters. The van der Waals surface area contributed by atoms with Gasteiger partial charge in [-0.25, -0.2) is 17.9 Å². The molecule has 20 heavy (non-hydrogen) atoms. The Morgan fingerprint density at radius 1 is 1.35 bits per heavy atom. The quantitative estimate of drug-likeness (QED) is 0.874.